The zero-order chi connectivity index (χ0) is 13.8. The molecule has 1 heterocycles. The maximum absolute atomic E-state index is 11.7. The summed E-state index contributed by atoms with van der Waals surface area (Å²) >= 11 is 0. The molecule has 0 bridgehead atoms. The van der Waals surface area contributed by atoms with Crippen LogP contribution in [-0.2, 0) is 11.3 Å². The fraction of sp³-hybridized carbons (Fsp3) is 0.308. The standard InChI is InChI=1S/C13H15N3O3/c1-2-5-14-12(17)7-16-8-15-10-4-3-9(13(18)19)6-11(10)16/h3-4,6,8H,2,5,7H2,1H3,(H,14,17)(H,18,19). The van der Waals surface area contributed by atoms with Crippen LogP contribution in [0.15, 0.2) is 24.5 Å². The molecule has 0 unspecified atom stereocenters. The van der Waals surface area contributed by atoms with E-state index in [0.29, 0.717) is 17.6 Å². The number of benzene rings is 1. The lowest BCUT2D eigenvalue weighted by molar-refractivity contribution is -0.121. The summed E-state index contributed by atoms with van der Waals surface area (Å²) in [6.45, 7) is 2.75. The molecular weight excluding hydrogens is 246 g/mol. The summed E-state index contributed by atoms with van der Waals surface area (Å²) in [5.41, 5.74) is 1.50. The maximum Gasteiger partial charge on any atom is 0.335 e. The van der Waals surface area contributed by atoms with Gasteiger partial charge in [-0.2, -0.15) is 0 Å². The van der Waals surface area contributed by atoms with Gasteiger partial charge in [0.2, 0.25) is 5.91 Å². The number of aromatic carboxylic acids is 1. The first-order valence-corrected chi connectivity index (χ1v) is 6.06. The number of nitrogens with zero attached hydrogens (tertiary/aromatic N) is 2. The van der Waals surface area contributed by atoms with Crippen LogP contribution in [0.2, 0.25) is 0 Å². The number of carboxylic acids is 1. The Labute approximate surface area is 110 Å². The van der Waals surface area contributed by atoms with Crippen molar-refractivity contribution in [3.63, 3.8) is 0 Å². The van der Waals surface area contributed by atoms with Crippen molar-refractivity contribution in [2.24, 2.45) is 0 Å². The summed E-state index contributed by atoms with van der Waals surface area (Å²) in [5.74, 6) is -1.10. The Morgan fingerprint density at radius 2 is 2.21 bits per heavy atom. The van der Waals surface area contributed by atoms with Gasteiger partial charge < -0.3 is 15.0 Å². The monoisotopic (exact) mass is 261 g/mol. The molecule has 2 aromatic rings. The van der Waals surface area contributed by atoms with Crippen LogP contribution in [0, 0.1) is 0 Å². The third-order valence-electron chi connectivity index (χ3n) is 2.75. The van der Waals surface area contributed by atoms with Gasteiger partial charge in [-0.25, -0.2) is 9.78 Å². The summed E-state index contributed by atoms with van der Waals surface area (Å²) in [7, 11) is 0. The second-order valence-corrected chi connectivity index (χ2v) is 4.23. The van der Waals surface area contributed by atoms with Crippen LogP contribution in [0.5, 0.6) is 0 Å². The molecule has 2 rings (SSSR count). The lowest BCUT2D eigenvalue weighted by Gasteiger charge is -2.05. The average molecular weight is 261 g/mol. The van der Waals surface area contributed by atoms with Crippen molar-refractivity contribution in [1.29, 1.82) is 0 Å². The highest BCUT2D eigenvalue weighted by molar-refractivity contribution is 5.92. The average Bonchev–Trinajstić information content (AvgIpc) is 2.78. The molecular formula is C13H15N3O3. The van der Waals surface area contributed by atoms with Gasteiger partial charge >= 0.3 is 5.97 Å². The van der Waals surface area contributed by atoms with Gasteiger partial charge in [0, 0.05) is 6.54 Å². The summed E-state index contributed by atoms with van der Waals surface area (Å²) in [6.07, 6.45) is 2.42. The minimum Gasteiger partial charge on any atom is -0.478 e. The molecule has 2 N–H and O–H groups in total. The second kappa shape index (κ2) is 5.51. The number of amides is 1. The van der Waals surface area contributed by atoms with E-state index in [1.807, 2.05) is 6.92 Å². The lowest BCUT2D eigenvalue weighted by atomic mass is 10.2. The summed E-state index contributed by atoms with van der Waals surface area (Å²) in [4.78, 5) is 26.7. The van der Waals surface area contributed by atoms with E-state index in [1.165, 1.54) is 12.1 Å². The fourth-order valence-corrected chi connectivity index (χ4v) is 1.79. The molecule has 1 aromatic carbocycles. The number of carbonyl (C=O) groups is 2. The van der Waals surface area contributed by atoms with Gasteiger partial charge in [0.15, 0.2) is 0 Å². The summed E-state index contributed by atoms with van der Waals surface area (Å²) < 4.78 is 1.65. The minimum atomic E-state index is -0.995. The number of nitrogens with one attached hydrogen (secondary N) is 1. The molecule has 6 heteroatoms. The minimum absolute atomic E-state index is 0.109. The smallest absolute Gasteiger partial charge is 0.335 e. The van der Waals surface area contributed by atoms with E-state index >= 15 is 0 Å². The number of hydrogen-bond donors (Lipinski definition) is 2. The van der Waals surface area contributed by atoms with Gasteiger partial charge in [-0.1, -0.05) is 6.92 Å². The van der Waals surface area contributed by atoms with Crippen LogP contribution in [0.4, 0.5) is 0 Å². The van der Waals surface area contributed by atoms with Crippen LogP contribution in [0.1, 0.15) is 23.7 Å². The lowest BCUT2D eigenvalue weighted by Crippen LogP contribution is -2.27. The van der Waals surface area contributed by atoms with Gasteiger partial charge in [-0.3, -0.25) is 4.79 Å². The summed E-state index contributed by atoms with van der Waals surface area (Å²) in [6, 6.07) is 4.66. The zero-order valence-corrected chi connectivity index (χ0v) is 10.6. The number of fused-ring (bicyclic) bond motifs is 1. The highest BCUT2D eigenvalue weighted by atomic mass is 16.4. The Hall–Kier alpha value is -2.37. The quantitative estimate of drug-likeness (QED) is 0.848. The van der Waals surface area contributed by atoms with Gasteiger partial charge in [-0.05, 0) is 24.6 Å². The predicted octanol–water partition coefficient (Wildman–Crippen LogP) is 1.26. The highest BCUT2D eigenvalue weighted by Crippen LogP contribution is 2.15. The second-order valence-electron chi connectivity index (χ2n) is 4.23. The molecule has 1 amide bonds. The Bertz CT molecular complexity index is 619. The summed E-state index contributed by atoms with van der Waals surface area (Å²) in [5, 5.41) is 11.7. The normalized spacial score (nSPS) is 10.6. The molecule has 0 saturated carbocycles. The van der Waals surface area contributed by atoms with Crippen molar-refractivity contribution in [1.82, 2.24) is 14.9 Å². The van der Waals surface area contributed by atoms with Crippen LogP contribution >= 0.6 is 0 Å². The van der Waals surface area contributed by atoms with Gasteiger partial charge in [0.1, 0.15) is 6.54 Å². The molecule has 1 aromatic heterocycles. The van der Waals surface area contributed by atoms with E-state index in [2.05, 4.69) is 10.3 Å². The SMILES string of the molecule is CCCNC(=O)Cn1cnc2ccc(C(=O)O)cc21. The van der Waals surface area contributed by atoms with Crippen LogP contribution in [0.3, 0.4) is 0 Å². The van der Waals surface area contributed by atoms with Crippen LogP contribution in [0.25, 0.3) is 11.0 Å². The van der Waals surface area contributed by atoms with E-state index in [0.717, 1.165) is 6.42 Å². The Morgan fingerprint density at radius 3 is 2.89 bits per heavy atom. The van der Waals surface area contributed by atoms with Crippen molar-refractivity contribution < 1.29 is 14.7 Å². The third-order valence-corrected chi connectivity index (χ3v) is 2.75. The van der Waals surface area contributed by atoms with Crippen molar-refractivity contribution in [3.8, 4) is 0 Å². The Balaban J connectivity index is 2.25. The molecule has 0 radical (unpaired) electrons. The van der Waals surface area contributed by atoms with E-state index in [4.69, 9.17) is 5.11 Å². The van der Waals surface area contributed by atoms with E-state index < -0.39 is 5.97 Å². The number of hydrogen-bond acceptors (Lipinski definition) is 3. The first-order valence-electron chi connectivity index (χ1n) is 6.06. The predicted molar refractivity (Wildman–Crippen MR) is 70.0 cm³/mol. The molecule has 0 spiro atoms. The van der Waals surface area contributed by atoms with Crippen molar-refractivity contribution in [2.45, 2.75) is 19.9 Å². The number of rotatable bonds is 5. The topological polar surface area (TPSA) is 84.2 Å². The molecule has 0 aliphatic rings. The van der Waals surface area contributed by atoms with E-state index in [-0.39, 0.29) is 18.0 Å². The first kappa shape index (κ1) is 13.1. The van der Waals surface area contributed by atoms with Crippen LogP contribution in [-0.4, -0.2) is 33.1 Å². The number of aromatic nitrogens is 2. The molecule has 0 saturated heterocycles. The molecule has 0 aliphatic carbocycles. The van der Waals surface area contributed by atoms with Crippen LogP contribution < -0.4 is 5.32 Å². The maximum atomic E-state index is 11.7. The first-order chi connectivity index (χ1) is 9.11. The van der Waals surface area contributed by atoms with E-state index in [9.17, 15) is 9.59 Å². The van der Waals surface area contributed by atoms with E-state index in [1.54, 1.807) is 17.0 Å². The largest absolute Gasteiger partial charge is 0.478 e. The molecule has 100 valence electrons. The van der Waals surface area contributed by atoms with Gasteiger partial charge in [-0.15, -0.1) is 0 Å². The Kier molecular flexibility index (Phi) is 3.79. The van der Waals surface area contributed by atoms with Crippen molar-refractivity contribution >= 4 is 22.9 Å². The third kappa shape index (κ3) is 2.90. The van der Waals surface area contributed by atoms with Crippen molar-refractivity contribution in [2.75, 3.05) is 6.54 Å². The number of carboxylic acid groups (broad SMARTS) is 1. The molecule has 0 fully saturated rings. The molecule has 0 atom stereocenters. The fourth-order valence-electron chi connectivity index (χ4n) is 1.79. The van der Waals surface area contributed by atoms with Gasteiger partial charge in [0.25, 0.3) is 0 Å². The zero-order valence-electron chi connectivity index (χ0n) is 10.6. The molecule has 6 nitrogen and oxygen atoms in total. The number of imidazole rings is 1. The number of carbonyl (C=O) groups excluding carboxylic acids is 1. The highest BCUT2D eigenvalue weighted by Gasteiger charge is 2.10. The Morgan fingerprint density at radius 1 is 1.42 bits per heavy atom. The molecule has 19 heavy (non-hydrogen) atoms. The van der Waals surface area contributed by atoms with Gasteiger partial charge in [0.05, 0.1) is 22.9 Å². The van der Waals surface area contributed by atoms with Crippen molar-refractivity contribution in [3.05, 3.63) is 30.1 Å². The molecule has 0 aliphatic heterocycles.